The smallest absolute Gasteiger partial charge is 0.252 e. The molecule has 0 radical (unpaired) electrons. The highest BCUT2D eigenvalue weighted by Gasteiger charge is 2.37. The van der Waals surface area contributed by atoms with Gasteiger partial charge in [-0.15, -0.1) is 11.3 Å². The predicted octanol–water partition coefficient (Wildman–Crippen LogP) is 3.42. The summed E-state index contributed by atoms with van der Waals surface area (Å²) in [6.07, 6.45) is 3.34. The second-order valence-electron chi connectivity index (χ2n) is 7.71. The Morgan fingerprint density at radius 3 is 2.38 bits per heavy atom. The maximum absolute atomic E-state index is 12.9. The maximum Gasteiger partial charge on any atom is 0.252 e. The Balaban J connectivity index is 1.37. The number of amides is 1. The van der Waals surface area contributed by atoms with Gasteiger partial charge >= 0.3 is 0 Å². The summed E-state index contributed by atoms with van der Waals surface area (Å²) in [5.41, 5.74) is 1.10. The van der Waals surface area contributed by atoms with Crippen molar-refractivity contribution in [2.45, 2.75) is 35.9 Å². The van der Waals surface area contributed by atoms with Crippen LogP contribution in [0.4, 0.5) is 0 Å². The third-order valence-corrected chi connectivity index (χ3v) is 9.05. The molecule has 6 nitrogen and oxygen atoms in total. The van der Waals surface area contributed by atoms with E-state index in [2.05, 4.69) is 5.32 Å². The number of thiophene rings is 1. The third-order valence-electron chi connectivity index (χ3n) is 5.78. The molecule has 1 aliphatic carbocycles. The molecule has 1 saturated heterocycles. The van der Waals surface area contributed by atoms with Gasteiger partial charge in [0, 0.05) is 19.0 Å². The van der Waals surface area contributed by atoms with Gasteiger partial charge in [0.15, 0.2) is 0 Å². The van der Waals surface area contributed by atoms with Crippen molar-refractivity contribution >= 4 is 27.3 Å². The largest absolute Gasteiger partial charge is 0.497 e. The van der Waals surface area contributed by atoms with Crippen LogP contribution in [-0.4, -0.2) is 38.8 Å². The van der Waals surface area contributed by atoms with Crippen LogP contribution >= 0.6 is 11.3 Å². The highest BCUT2D eigenvalue weighted by molar-refractivity contribution is 7.91. The Kier molecular flexibility index (Phi) is 5.94. The first-order valence-electron chi connectivity index (χ1n) is 9.97. The van der Waals surface area contributed by atoms with Crippen molar-refractivity contribution in [2.75, 3.05) is 20.2 Å². The fraction of sp³-hybridized carbons (Fsp3) is 0.476. The van der Waals surface area contributed by atoms with E-state index in [-0.39, 0.29) is 17.9 Å². The number of carbonyl (C=O) groups excluding carboxylic acids is 1. The van der Waals surface area contributed by atoms with E-state index in [4.69, 9.17) is 4.74 Å². The molecule has 2 heterocycles. The summed E-state index contributed by atoms with van der Waals surface area (Å²) in [6, 6.07) is 11.3. The summed E-state index contributed by atoms with van der Waals surface area (Å²) in [6.45, 7) is 0.768. The van der Waals surface area contributed by atoms with Gasteiger partial charge in [0.1, 0.15) is 9.96 Å². The van der Waals surface area contributed by atoms with Crippen LogP contribution in [0.1, 0.15) is 37.3 Å². The molecule has 1 aromatic carbocycles. The quantitative estimate of drug-likeness (QED) is 0.724. The van der Waals surface area contributed by atoms with Gasteiger partial charge in [-0.1, -0.05) is 18.2 Å². The summed E-state index contributed by atoms with van der Waals surface area (Å²) in [4.78, 5) is 12.9. The molecule has 2 aromatic rings. The van der Waals surface area contributed by atoms with E-state index in [1.165, 1.54) is 15.6 Å². The van der Waals surface area contributed by atoms with Crippen molar-refractivity contribution in [3.05, 3.63) is 47.3 Å². The lowest BCUT2D eigenvalue weighted by molar-refractivity contribution is -0.127. The number of rotatable bonds is 7. The van der Waals surface area contributed by atoms with Crippen LogP contribution in [0, 0.1) is 11.8 Å². The summed E-state index contributed by atoms with van der Waals surface area (Å²) in [7, 11) is -1.80. The predicted molar refractivity (Wildman–Crippen MR) is 112 cm³/mol. The SMILES string of the molecule is COc1ccc(C(NC(=O)C2CCN(S(=O)(=O)c3cccs3)CC2)C2CC2)cc1. The topological polar surface area (TPSA) is 75.7 Å². The number of nitrogens with zero attached hydrogens (tertiary/aromatic N) is 1. The van der Waals surface area contributed by atoms with Crippen molar-refractivity contribution in [2.24, 2.45) is 11.8 Å². The van der Waals surface area contributed by atoms with Gasteiger partial charge < -0.3 is 10.1 Å². The van der Waals surface area contributed by atoms with Crippen molar-refractivity contribution in [3.63, 3.8) is 0 Å². The molecule has 1 amide bonds. The van der Waals surface area contributed by atoms with Crippen molar-refractivity contribution in [3.8, 4) is 5.75 Å². The van der Waals surface area contributed by atoms with Gasteiger partial charge in [0.25, 0.3) is 10.0 Å². The normalized spacial score (nSPS) is 19.6. The minimum absolute atomic E-state index is 0.0151. The number of carbonyl (C=O) groups is 1. The molecule has 2 fully saturated rings. The molecule has 8 heteroatoms. The highest BCUT2D eigenvalue weighted by atomic mass is 32.2. The molecule has 0 bridgehead atoms. The highest BCUT2D eigenvalue weighted by Crippen LogP contribution is 2.41. The minimum Gasteiger partial charge on any atom is -0.497 e. The molecular formula is C21H26N2O4S2. The number of ether oxygens (including phenoxy) is 1. The lowest BCUT2D eigenvalue weighted by atomic mass is 9.95. The number of sulfonamides is 1. The molecule has 1 atom stereocenters. The fourth-order valence-corrected chi connectivity index (χ4v) is 6.50. The monoisotopic (exact) mass is 434 g/mol. The number of hydrogen-bond acceptors (Lipinski definition) is 5. The molecule has 1 N–H and O–H groups in total. The average molecular weight is 435 g/mol. The molecule has 29 heavy (non-hydrogen) atoms. The molecule has 156 valence electrons. The summed E-state index contributed by atoms with van der Waals surface area (Å²) in [5.74, 6) is 1.16. The van der Waals surface area contributed by atoms with Crippen LogP contribution in [0.5, 0.6) is 5.75 Å². The fourth-order valence-electron chi connectivity index (χ4n) is 3.88. The number of nitrogens with one attached hydrogen (secondary N) is 1. The second-order valence-corrected chi connectivity index (χ2v) is 10.8. The zero-order chi connectivity index (χ0) is 20.4. The first-order chi connectivity index (χ1) is 14.0. The van der Waals surface area contributed by atoms with Crippen LogP contribution in [0.25, 0.3) is 0 Å². The average Bonchev–Trinajstić information content (AvgIpc) is 3.43. The van der Waals surface area contributed by atoms with Gasteiger partial charge in [0.2, 0.25) is 5.91 Å². The molecule has 4 rings (SSSR count). The second kappa shape index (κ2) is 8.45. The zero-order valence-corrected chi connectivity index (χ0v) is 18.0. The Bertz CT molecular complexity index is 930. The van der Waals surface area contributed by atoms with Gasteiger partial charge in [0.05, 0.1) is 13.2 Å². The Hall–Kier alpha value is -1.90. The van der Waals surface area contributed by atoms with E-state index in [0.717, 1.165) is 24.2 Å². The number of benzene rings is 1. The van der Waals surface area contributed by atoms with Crippen molar-refractivity contribution in [1.82, 2.24) is 9.62 Å². The Labute approximate surface area is 175 Å². The van der Waals surface area contributed by atoms with Crippen LogP contribution < -0.4 is 10.1 Å². The summed E-state index contributed by atoms with van der Waals surface area (Å²) >= 11 is 1.23. The molecule has 1 aromatic heterocycles. The van der Waals surface area contributed by atoms with Crippen molar-refractivity contribution in [1.29, 1.82) is 0 Å². The van der Waals surface area contributed by atoms with Crippen LogP contribution in [0.15, 0.2) is 46.0 Å². The van der Waals surface area contributed by atoms with E-state index in [1.54, 1.807) is 24.6 Å². The standard InChI is InChI=1S/C21H26N2O4S2/c1-27-18-8-6-16(7-9-18)20(15-4-5-15)22-21(24)17-10-12-23(13-11-17)29(25,26)19-3-2-14-28-19/h2-3,6-9,14-15,17,20H,4-5,10-13H2,1H3,(H,22,24). The van der Waals surface area contributed by atoms with E-state index in [9.17, 15) is 13.2 Å². The Morgan fingerprint density at radius 1 is 1.14 bits per heavy atom. The third kappa shape index (κ3) is 4.49. The van der Waals surface area contributed by atoms with Crippen LogP contribution in [-0.2, 0) is 14.8 Å². The number of hydrogen-bond donors (Lipinski definition) is 1. The van der Waals surface area contributed by atoms with Crippen LogP contribution in [0.2, 0.25) is 0 Å². The molecule has 2 aliphatic rings. The number of piperidine rings is 1. The Morgan fingerprint density at radius 2 is 1.83 bits per heavy atom. The van der Waals surface area contributed by atoms with E-state index < -0.39 is 10.0 Å². The molecule has 1 aliphatic heterocycles. The maximum atomic E-state index is 12.9. The number of methoxy groups -OCH3 is 1. The molecular weight excluding hydrogens is 408 g/mol. The van der Waals surface area contributed by atoms with E-state index >= 15 is 0 Å². The first-order valence-corrected chi connectivity index (χ1v) is 12.3. The lowest BCUT2D eigenvalue weighted by Crippen LogP contribution is -2.43. The van der Waals surface area contributed by atoms with Crippen molar-refractivity contribution < 1.29 is 17.9 Å². The minimum atomic E-state index is -3.44. The first kappa shape index (κ1) is 20.4. The zero-order valence-electron chi connectivity index (χ0n) is 16.4. The van der Waals surface area contributed by atoms with Gasteiger partial charge in [-0.05, 0) is 60.7 Å². The molecule has 1 unspecified atom stereocenters. The lowest BCUT2D eigenvalue weighted by Gasteiger charge is -2.31. The van der Waals surface area contributed by atoms with Gasteiger partial charge in [-0.2, -0.15) is 4.31 Å². The molecule has 0 spiro atoms. The van der Waals surface area contributed by atoms with E-state index in [1.807, 2.05) is 24.3 Å². The summed E-state index contributed by atoms with van der Waals surface area (Å²) in [5, 5.41) is 5.01. The van der Waals surface area contributed by atoms with E-state index in [0.29, 0.717) is 36.1 Å². The van der Waals surface area contributed by atoms with Gasteiger partial charge in [-0.25, -0.2) is 8.42 Å². The summed E-state index contributed by atoms with van der Waals surface area (Å²) < 4.78 is 32.4. The van der Waals surface area contributed by atoms with Gasteiger partial charge in [-0.3, -0.25) is 4.79 Å². The van der Waals surface area contributed by atoms with Crippen LogP contribution in [0.3, 0.4) is 0 Å². The molecule has 1 saturated carbocycles.